The van der Waals surface area contributed by atoms with Crippen LogP contribution in [0, 0.1) is 0 Å². The van der Waals surface area contributed by atoms with E-state index in [0.717, 1.165) is 16.7 Å². The highest BCUT2D eigenvalue weighted by Crippen LogP contribution is 2.48. The largest absolute Gasteiger partial charge is 0.480 e. The predicted octanol–water partition coefficient (Wildman–Crippen LogP) is 4.05. The van der Waals surface area contributed by atoms with Crippen LogP contribution in [-0.2, 0) is 23.9 Å². The maximum atomic E-state index is 13.2. The Morgan fingerprint density at radius 3 is 1.59 bits per heavy atom. The maximum Gasteiger partial charge on any atom is 0.408 e. The van der Waals surface area contributed by atoms with E-state index < -0.39 is 52.7 Å². The highest BCUT2D eigenvalue weighted by atomic mass is 32.2. The highest BCUT2D eigenvalue weighted by Gasteiger charge is 2.39. The number of amides is 3. The Morgan fingerprint density at radius 2 is 1.22 bits per heavy atom. The van der Waals surface area contributed by atoms with Crippen LogP contribution >= 0.6 is 11.8 Å². The lowest BCUT2D eigenvalue weighted by atomic mass is 9.84. The molecule has 0 bridgehead atoms. The number of hydrogen-bond donors (Lipinski definition) is 4. The third-order valence-corrected chi connectivity index (χ3v) is 7.67. The minimum Gasteiger partial charge on any atom is -0.480 e. The number of benzene rings is 3. The molecule has 0 fully saturated rings. The monoisotopic (exact) mass is 577 g/mol. The van der Waals surface area contributed by atoms with Gasteiger partial charge >= 0.3 is 12.1 Å². The van der Waals surface area contributed by atoms with Crippen LogP contribution < -0.4 is 16.4 Å². The van der Waals surface area contributed by atoms with Crippen molar-refractivity contribution in [2.45, 2.75) is 49.6 Å². The van der Waals surface area contributed by atoms with Gasteiger partial charge in [0, 0.05) is 5.75 Å². The first-order valence-electron chi connectivity index (χ1n) is 13.0. The second-order valence-electron chi connectivity index (χ2n) is 10.4. The zero-order valence-corrected chi connectivity index (χ0v) is 24.0. The first kappa shape index (κ1) is 31.2. The van der Waals surface area contributed by atoms with Crippen LogP contribution in [0.15, 0.2) is 91.0 Å². The standard InChI is InChI=1S/C31H35N3O6S/c1-30(2,3)40-29(39)34-24(19-26(32)35)27(36)33-25(28(37)38)20-41-31(21-13-7-4-8-14-21,22-15-9-5-10-16-22)23-17-11-6-12-18-23/h4-18,24-25H,19-20H2,1-3H3,(H2,32,35)(H,33,36)(H,34,39)(H,37,38)/t24-,25-/m0/s1. The molecule has 41 heavy (non-hydrogen) atoms. The molecule has 0 aromatic heterocycles. The molecule has 3 rings (SSSR count). The van der Waals surface area contributed by atoms with Gasteiger partial charge in [-0.2, -0.15) is 0 Å². The number of nitrogens with two attached hydrogens (primary N) is 1. The van der Waals surface area contributed by atoms with Gasteiger partial charge in [0.25, 0.3) is 0 Å². The Kier molecular flexibility index (Phi) is 10.5. The average Bonchev–Trinajstić information content (AvgIpc) is 2.92. The lowest BCUT2D eigenvalue weighted by Gasteiger charge is -2.36. The fourth-order valence-electron chi connectivity index (χ4n) is 4.28. The molecule has 216 valence electrons. The fraction of sp³-hybridized carbons (Fsp3) is 0.290. The van der Waals surface area contributed by atoms with E-state index in [2.05, 4.69) is 10.6 Å². The van der Waals surface area contributed by atoms with Gasteiger partial charge in [-0.1, -0.05) is 91.0 Å². The van der Waals surface area contributed by atoms with Crippen molar-refractivity contribution in [3.05, 3.63) is 108 Å². The van der Waals surface area contributed by atoms with Crippen molar-refractivity contribution >= 4 is 35.6 Å². The minimum atomic E-state index is -1.42. The van der Waals surface area contributed by atoms with Gasteiger partial charge in [0.15, 0.2) is 0 Å². The Balaban J connectivity index is 1.94. The number of carbonyl (C=O) groups is 4. The number of alkyl carbamates (subject to hydrolysis) is 1. The summed E-state index contributed by atoms with van der Waals surface area (Å²) >= 11 is 1.35. The number of thioether (sulfide) groups is 1. The van der Waals surface area contributed by atoms with Gasteiger partial charge in [-0.05, 0) is 37.5 Å². The number of carboxylic acids is 1. The van der Waals surface area contributed by atoms with Crippen LogP contribution in [0.4, 0.5) is 4.79 Å². The number of hydrogen-bond acceptors (Lipinski definition) is 6. The van der Waals surface area contributed by atoms with Crippen molar-refractivity contribution < 1.29 is 29.0 Å². The summed E-state index contributed by atoms with van der Waals surface area (Å²) in [5.41, 5.74) is 7.23. The third-order valence-electron chi connectivity index (χ3n) is 6.03. The van der Waals surface area contributed by atoms with Gasteiger partial charge < -0.3 is 26.2 Å². The minimum absolute atomic E-state index is 0.0461. The van der Waals surface area contributed by atoms with Crippen molar-refractivity contribution in [1.29, 1.82) is 0 Å². The van der Waals surface area contributed by atoms with E-state index in [1.165, 1.54) is 11.8 Å². The highest BCUT2D eigenvalue weighted by molar-refractivity contribution is 8.00. The van der Waals surface area contributed by atoms with Crippen LogP contribution in [0.3, 0.4) is 0 Å². The van der Waals surface area contributed by atoms with Crippen molar-refractivity contribution in [3.8, 4) is 0 Å². The van der Waals surface area contributed by atoms with E-state index in [-0.39, 0.29) is 5.75 Å². The molecular weight excluding hydrogens is 542 g/mol. The first-order chi connectivity index (χ1) is 19.4. The molecule has 2 atom stereocenters. The molecule has 0 radical (unpaired) electrons. The SMILES string of the molecule is CC(C)(C)OC(=O)N[C@@H](CC(N)=O)C(=O)N[C@@H](CSC(c1ccccc1)(c1ccccc1)c1ccccc1)C(=O)O. The van der Waals surface area contributed by atoms with E-state index >= 15 is 0 Å². The molecular formula is C31H35N3O6S. The summed E-state index contributed by atoms with van der Waals surface area (Å²) < 4.78 is 4.37. The van der Waals surface area contributed by atoms with Gasteiger partial charge in [-0.15, -0.1) is 11.8 Å². The van der Waals surface area contributed by atoms with Crippen LogP contribution in [-0.4, -0.2) is 52.4 Å². The van der Waals surface area contributed by atoms with E-state index in [9.17, 15) is 24.3 Å². The second kappa shape index (κ2) is 13.8. The quantitative estimate of drug-likeness (QED) is 0.237. The molecule has 9 nitrogen and oxygen atoms in total. The van der Waals surface area contributed by atoms with Gasteiger partial charge in [0.05, 0.1) is 11.2 Å². The molecule has 5 N–H and O–H groups in total. The van der Waals surface area contributed by atoms with E-state index in [1.54, 1.807) is 20.8 Å². The molecule has 0 saturated carbocycles. The smallest absolute Gasteiger partial charge is 0.408 e. The number of rotatable bonds is 12. The summed E-state index contributed by atoms with van der Waals surface area (Å²) in [4.78, 5) is 49.5. The van der Waals surface area contributed by atoms with E-state index in [4.69, 9.17) is 10.5 Å². The fourth-order valence-corrected chi connectivity index (χ4v) is 5.84. The molecule has 0 saturated heterocycles. The summed E-state index contributed by atoms with van der Waals surface area (Å²) in [6.07, 6.45) is -1.47. The van der Waals surface area contributed by atoms with Gasteiger partial charge in [0.2, 0.25) is 11.8 Å². The summed E-state index contributed by atoms with van der Waals surface area (Å²) in [5, 5.41) is 14.9. The van der Waals surface area contributed by atoms with Crippen molar-refractivity contribution in [2.24, 2.45) is 5.73 Å². The Hall–Kier alpha value is -4.31. The molecule has 0 heterocycles. The number of ether oxygens (including phenoxy) is 1. The molecule has 0 unspecified atom stereocenters. The van der Waals surface area contributed by atoms with Crippen molar-refractivity contribution in [3.63, 3.8) is 0 Å². The van der Waals surface area contributed by atoms with Crippen molar-refractivity contribution in [2.75, 3.05) is 5.75 Å². The number of nitrogens with one attached hydrogen (secondary N) is 2. The number of aliphatic carboxylic acids is 1. The zero-order valence-electron chi connectivity index (χ0n) is 23.2. The summed E-state index contributed by atoms with van der Waals surface area (Å²) in [7, 11) is 0. The van der Waals surface area contributed by atoms with Crippen LogP contribution in [0.5, 0.6) is 0 Å². The number of primary amides is 1. The first-order valence-corrected chi connectivity index (χ1v) is 14.0. The Morgan fingerprint density at radius 1 is 0.780 bits per heavy atom. The predicted molar refractivity (Wildman–Crippen MR) is 158 cm³/mol. The Labute approximate surface area is 243 Å². The van der Waals surface area contributed by atoms with Gasteiger partial charge in [-0.25, -0.2) is 9.59 Å². The number of carbonyl (C=O) groups excluding carboxylic acids is 3. The topological polar surface area (TPSA) is 148 Å². The molecule has 3 aromatic carbocycles. The van der Waals surface area contributed by atoms with Crippen LogP contribution in [0.1, 0.15) is 43.9 Å². The molecule has 3 amide bonds. The lowest BCUT2D eigenvalue weighted by molar-refractivity contribution is -0.141. The molecule has 3 aromatic rings. The molecule has 10 heteroatoms. The van der Waals surface area contributed by atoms with E-state index in [0.29, 0.717) is 0 Å². The Bertz CT molecular complexity index is 1230. The summed E-state index contributed by atoms with van der Waals surface area (Å²) in [5.74, 6) is -3.04. The number of carboxylic acid groups (broad SMARTS) is 1. The summed E-state index contributed by atoms with van der Waals surface area (Å²) in [6.45, 7) is 4.93. The second-order valence-corrected chi connectivity index (χ2v) is 11.6. The van der Waals surface area contributed by atoms with Crippen molar-refractivity contribution in [1.82, 2.24) is 10.6 Å². The van der Waals surface area contributed by atoms with Gasteiger partial charge in [-0.3, -0.25) is 9.59 Å². The molecule has 0 aliphatic rings. The van der Waals surface area contributed by atoms with Crippen LogP contribution in [0.2, 0.25) is 0 Å². The zero-order chi connectivity index (χ0) is 30.0. The average molecular weight is 578 g/mol. The molecule has 0 aliphatic carbocycles. The molecule has 0 aliphatic heterocycles. The maximum absolute atomic E-state index is 13.2. The lowest BCUT2D eigenvalue weighted by Crippen LogP contribution is -2.54. The van der Waals surface area contributed by atoms with Crippen LogP contribution in [0.25, 0.3) is 0 Å². The summed E-state index contributed by atoms with van der Waals surface area (Å²) in [6, 6.07) is 26.4. The van der Waals surface area contributed by atoms with Gasteiger partial charge in [0.1, 0.15) is 17.7 Å². The normalized spacial score (nSPS) is 13.0. The van der Waals surface area contributed by atoms with E-state index in [1.807, 2.05) is 91.0 Å². The molecule has 0 spiro atoms. The third kappa shape index (κ3) is 8.59.